The average Bonchev–Trinajstić information content (AvgIpc) is 2.79. The third-order valence-electron chi connectivity index (χ3n) is 2.80. The minimum absolute atomic E-state index is 0.0714. The minimum atomic E-state index is -0.233. The number of hydrogen-bond donors (Lipinski definition) is 0. The monoisotopic (exact) mass is 371 g/mol. The van der Waals surface area contributed by atoms with Gasteiger partial charge in [0.25, 0.3) is 5.56 Å². The van der Waals surface area contributed by atoms with Gasteiger partial charge < -0.3 is 0 Å². The van der Waals surface area contributed by atoms with Crippen molar-refractivity contribution >= 4 is 38.9 Å². The van der Waals surface area contributed by atoms with Crippen LogP contribution in [0.4, 0.5) is 0 Å². The fourth-order valence-electron chi connectivity index (χ4n) is 1.87. The van der Waals surface area contributed by atoms with Crippen LogP contribution in [0, 0.1) is 22.7 Å². The van der Waals surface area contributed by atoms with Gasteiger partial charge in [-0.2, -0.15) is 10.5 Å². The molecule has 108 valence electrons. The van der Waals surface area contributed by atoms with Gasteiger partial charge in [-0.05, 0) is 23.8 Å². The molecule has 0 aliphatic carbocycles. The number of hydrogen-bond acceptors (Lipinski definition) is 4. The Bertz CT molecular complexity index is 970. The van der Waals surface area contributed by atoms with Gasteiger partial charge in [0, 0.05) is 11.0 Å². The van der Waals surface area contributed by atoms with E-state index in [1.54, 1.807) is 12.2 Å². The quantitative estimate of drug-likeness (QED) is 0.773. The predicted molar refractivity (Wildman–Crippen MR) is 90.4 cm³/mol. The number of benzene rings is 1. The van der Waals surface area contributed by atoms with Gasteiger partial charge in [-0.1, -0.05) is 34.1 Å². The van der Waals surface area contributed by atoms with Gasteiger partial charge in [-0.25, -0.2) is 0 Å². The first-order chi connectivity index (χ1) is 10.6. The lowest BCUT2D eigenvalue weighted by Crippen LogP contribution is -2.31. The van der Waals surface area contributed by atoms with Crippen molar-refractivity contribution in [2.24, 2.45) is 0 Å². The van der Waals surface area contributed by atoms with Crippen molar-refractivity contribution in [2.45, 2.75) is 6.54 Å². The van der Waals surface area contributed by atoms with E-state index in [2.05, 4.69) is 22.5 Å². The van der Waals surface area contributed by atoms with E-state index in [1.165, 1.54) is 4.57 Å². The van der Waals surface area contributed by atoms with Crippen LogP contribution in [0.1, 0.15) is 5.56 Å². The van der Waals surface area contributed by atoms with Crippen molar-refractivity contribution < 1.29 is 0 Å². The van der Waals surface area contributed by atoms with E-state index < -0.39 is 0 Å². The number of nitriles is 2. The minimum Gasteiger partial charge on any atom is -0.293 e. The number of aromatic nitrogens is 1. The van der Waals surface area contributed by atoms with Crippen molar-refractivity contribution in [3.8, 4) is 12.1 Å². The number of rotatable bonds is 3. The third kappa shape index (κ3) is 3.25. The van der Waals surface area contributed by atoms with Gasteiger partial charge in [0.05, 0.1) is 4.53 Å². The summed E-state index contributed by atoms with van der Waals surface area (Å²) < 4.78 is 3.13. The fraction of sp³-hybridized carbons (Fsp3) is 0.0625. The normalized spacial score (nSPS) is 10.8. The highest BCUT2D eigenvalue weighted by Gasteiger charge is 2.08. The van der Waals surface area contributed by atoms with E-state index >= 15 is 0 Å². The summed E-state index contributed by atoms with van der Waals surface area (Å²) in [7, 11) is 0. The maximum absolute atomic E-state index is 12.5. The molecule has 2 aromatic rings. The van der Waals surface area contributed by atoms with Crippen LogP contribution in [0.3, 0.4) is 0 Å². The Kier molecular flexibility index (Phi) is 5.11. The van der Waals surface area contributed by atoms with Crippen molar-refractivity contribution in [1.29, 1.82) is 10.5 Å². The molecule has 1 aromatic carbocycles. The second-order valence-electron chi connectivity index (χ2n) is 4.27. The van der Waals surface area contributed by atoms with E-state index in [4.69, 9.17) is 10.5 Å². The first-order valence-electron chi connectivity index (χ1n) is 6.23. The van der Waals surface area contributed by atoms with Crippen molar-refractivity contribution in [3.05, 3.63) is 66.5 Å². The molecule has 0 aliphatic rings. The number of allylic oxidation sites excluding steroid dienone is 1. The lowest BCUT2D eigenvalue weighted by Gasteiger charge is -1.94. The van der Waals surface area contributed by atoms with Crippen LogP contribution in [-0.4, -0.2) is 4.57 Å². The van der Waals surface area contributed by atoms with Gasteiger partial charge >= 0.3 is 0 Å². The molecule has 0 bridgehead atoms. The van der Waals surface area contributed by atoms with Crippen LogP contribution in [-0.2, 0) is 6.54 Å². The zero-order valence-electron chi connectivity index (χ0n) is 11.4. The Balaban J connectivity index is 2.82. The summed E-state index contributed by atoms with van der Waals surface area (Å²) in [5.41, 5.74) is 0.557. The third-order valence-corrected chi connectivity index (χ3v) is 4.43. The molecule has 22 heavy (non-hydrogen) atoms. The van der Waals surface area contributed by atoms with Gasteiger partial charge in [0.1, 0.15) is 16.8 Å². The molecule has 0 saturated heterocycles. The lowest BCUT2D eigenvalue weighted by atomic mass is 10.2. The van der Waals surface area contributed by atoms with Crippen molar-refractivity contribution in [2.75, 3.05) is 0 Å². The van der Waals surface area contributed by atoms with Gasteiger partial charge in [-0.3, -0.25) is 9.36 Å². The summed E-state index contributed by atoms with van der Waals surface area (Å²) in [6.45, 7) is 3.86. The second kappa shape index (κ2) is 7.04. The van der Waals surface area contributed by atoms with Crippen LogP contribution >= 0.6 is 27.3 Å². The molecular formula is C16H10BrN3OS. The van der Waals surface area contributed by atoms with Crippen molar-refractivity contribution in [1.82, 2.24) is 4.57 Å². The molecule has 0 N–H and O–H groups in total. The molecule has 0 aliphatic heterocycles. The first-order valence-corrected chi connectivity index (χ1v) is 7.84. The van der Waals surface area contributed by atoms with Gasteiger partial charge in [0.15, 0.2) is 5.57 Å². The Morgan fingerprint density at radius 3 is 2.73 bits per heavy atom. The zero-order chi connectivity index (χ0) is 16.1. The maximum atomic E-state index is 12.5. The summed E-state index contributed by atoms with van der Waals surface area (Å²) >= 11 is 4.51. The second-order valence-corrected chi connectivity index (χ2v) is 6.22. The molecule has 0 amide bonds. The molecule has 0 spiro atoms. The topological polar surface area (TPSA) is 69.6 Å². The molecule has 1 heterocycles. The molecule has 0 unspecified atom stereocenters. The predicted octanol–water partition coefficient (Wildman–Crippen LogP) is 1.88. The number of thiazole rings is 1. The van der Waals surface area contributed by atoms with Crippen LogP contribution in [0.25, 0.3) is 11.6 Å². The van der Waals surface area contributed by atoms with E-state index in [-0.39, 0.29) is 17.7 Å². The van der Waals surface area contributed by atoms with E-state index in [9.17, 15) is 4.79 Å². The standard InChI is InChI=1S/C16H10BrN3OS/c1-2-6-20-15(21)14(22-16(20)12(9-18)10-19)8-11-4-3-5-13(17)7-11/h2-5,7-8H,1,6H2. The molecular weight excluding hydrogens is 362 g/mol. The maximum Gasteiger partial charge on any atom is 0.269 e. The first kappa shape index (κ1) is 16.0. The van der Waals surface area contributed by atoms with E-state index in [1.807, 2.05) is 36.4 Å². The fourth-order valence-corrected chi connectivity index (χ4v) is 3.35. The Labute approximate surface area is 139 Å². The SMILES string of the molecule is C=CCn1c(=C(C#N)C#N)sc(=Cc2cccc(Br)c2)c1=O. The highest BCUT2D eigenvalue weighted by Crippen LogP contribution is 2.11. The highest BCUT2D eigenvalue weighted by molar-refractivity contribution is 9.10. The summed E-state index contributed by atoms with van der Waals surface area (Å²) in [4.78, 5) is 12.5. The molecule has 1 aromatic heterocycles. The largest absolute Gasteiger partial charge is 0.293 e. The molecule has 0 atom stereocenters. The molecule has 0 saturated carbocycles. The molecule has 0 radical (unpaired) electrons. The number of nitrogens with zero attached hydrogens (tertiary/aromatic N) is 3. The van der Waals surface area contributed by atoms with Crippen LogP contribution in [0.15, 0.2) is 46.2 Å². The van der Waals surface area contributed by atoms with E-state index in [0.717, 1.165) is 21.4 Å². The smallest absolute Gasteiger partial charge is 0.269 e. The Morgan fingerprint density at radius 1 is 1.41 bits per heavy atom. The summed E-state index contributed by atoms with van der Waals surface area (Å²) in [6.07, 6.45) is 3.31. The molecule has 2 rings (SSSR count). The molecule has 4 nitrogen and oxygen atoms in total. The Morgan fingerprint density at radius 2 is 2.14 bits per heavy atom. The Hall–Kier alpha value is -2.41. The molecule has 0 fully saturated rings. The summed E-state index contributed by atoms with van der Waals surface area (Å²) in [5, 5.41) is 18.1. The van der Waals surface area contributed by atoms with Gasteiger partial charge in [-0.15, -0.1) is 17.9 Å². The summed E-state index contributed by atoms with van der Waals surface area (Å²) in [5.74, 6) is 0. The van der Waals surface area contributed by atoms with Crippen LogP contribution in [0.2, 0.25) is 0 Å². The summed E-state index contributed by atoms with van der Waals surface area (Å²) in [6, 6.07) is 11.2. The van der Waals surface area contributed by atoms with Crippen LogP contribution < -0.4 is 14.8 Å². The number of halogens is 1. The molecule has 6 heteroatoms. The zero-order valence-corrected chi connectivity index (χ0v) is 13.8. The lowest BCUT2D eigenvalue weighted by molar-refractivity contribution is 0.775. The van der Waals surface area contributed by atoms with Crippen LogP contribution in [0.5, 0.6) is 0 Å². The van der Waals surface area contributed by atoms with Gasteiger partial charge in [0.2, 0.25) is 0 Å². The van der Waals surface area contributed by atoms with Crippen molar-refractivity contribution in [3.63, 3.8) is 0 Å². The highest BCUT2D eigenvalue weighted by atomic mass is 79.9. The van der Waals surface area contributed by atoms with E-state index in [0.29, 0.717) is 9.20 Å². The average molecular weight is 372 g/mol.